The standard InChI is InChI=1S/C25H29FN2O5/c26-20-8-5-9-21(16-20)32-17-23(29)28-13-15-33-25(18-28)11-4-3-7-19-6-1-2-10-22(19)31-14-12-27-24(25)30/h1-2,5-6,8-10,16H,3-4,7,11-15,17-18H2,(H,27,30). The number of aryl methyl sites for hydroxylation is 1. The van der Waals surface area contributed by atoms with Gasteiger partial charge in [-0.05, 0) is 49.4 Å². The summed E-state index contributed by atoms with van der Waals surface area (Å²) in [5.74, 6) is 0.213. The van der Waals surface area contributed by atoms with Crippen LogP contribution in [0.25, 0.3) is 0 Å². The van der Waals surface area contributed by atoms with Crippen molar-refractivity contribution >= 4 is 11.8 Å². The van der Waals surface area contributed by atoms with Crippen molar-refractivity contribution in [2.45, 2.75) is 31.3 Å². The normalized spacial score (nSPS) is 21.7. The highest BCUT2D eigenvalue weighted by molar-refractivity contribution is 5.87. The molecule has 2 aliphatic heterocycles. The number of amides is 2. The highest BCUT2D eigenvalue weighted by atomic mass is 19.1. The number of hydrogen-bond acceptors (Lipinski definition) is 5. The van der Waals surface area contributed by atoms with Crippen LogP contribution in [0.3, 0.4) is 0 Å². The van der Waals surface area contributed by atoms with Crippen LogP contribution in [0, 0.1) is 5.82 Å². The van der Waals surface area contributed by atoms with Crippen LogP contribution in [0.4, 0.5) is 4.39 Å². The molecule has 2 aromatic carbocycles. The summed E-state index contributed by atoms with van der Waals surface area (Å²) in [4.78, 5) is 27.5. The first kappa shape index (κ1) is 23.0. The van der Waals surface area contributed by atoms with Crippen LogP contribution in [0.1, 0.15) is 24.8 Å². The molecule has 33 heavy (non-hydrogen) atoms. The van der Waals surface area contributed by atoms with E-state index in [1.807, 2.05) is 18.2 Å². The molecule has 2 aromatic rings. The molecule has 0 bridgehead atoms. The molecule has 2 aliphatic rings. The number of carbonyl (C=O) groups excluding carboxylic acids is 2. The summed E-state index contributed by atoms with van der Waals surface area (Å²) < 4.78 is 30.7. The van der Waals surface area contributed by atoms with Crippen molar-refractivity contribution in [1.29, 1.82) is 0 Å². The fraction of sp³-hybridized carbons (Fsp3) is 0.440. The molecule has 1 atom stereocenters. The lowest BCUT2D eigenvalue weighted by atomic mass is 9.91. The summed E-state index contributed by atoms with van der Waals surface area (Å²) in [6.45, 7) is 1.25. The van der Waals surface area contributed by atoms with E-state index >= 15 is 0 Å². The molecule has 8 heteroatoms. The number of carbonyl (C=O) groups is 2. The number of benzene rings is 2. The third-order valence-electron chi connectivity index (χ3n) is 6.01. The zero-order valence-electron chi connectivity index (χ0n) is 18.6. The quantitative estimate of drug-likeness (QED) is 0.769. The fourth-order valence-corrected chi connectivity index (χ4v) is 4.26. The Morgan fingerprint density at radius 3 is 2.91 bits per heavy atom. The number of fused-ring (bicyclic) bond motifs is 1. The summed E-state index contributed by atoms with van der Waals surface area (Å²) >= 11 is 0. The Bertz CT molecular complexity index is 985. The maximum atomic E-state index is 13.4. The smallest absolute Gasteiger partial charge is 0.260 e. The second kappa shape index (κ2) is 10.7. The van der Waals surface area contributed by atoms with E-state index in [1.54, 1.807) is 11.0 Å². The van der Waals surface area contributed by atoms with Gasteiger partial charge in [0.05, 0.1) is 19.7 Å². The van der Waals surface area contributed by atoms with Crippen LogP contribution in [0.2, 0.25) is 0 Å². The molecule has 1 fully saturated rings. The van der Waals surface area contributed by atoms with Crippen LogP contribution in [0.15, 0.2) is 48.5 Å². The molecular formula is C25H29FN2O5. The molecule has 0 saturated carbocycles. The first-order valence-electron chi connectivity index (χ1n) is 11.3. The highest BCUT2D eigenvalue weighted by Crippen LogP contribution is 2.28. The Labute approximate surface area is 192 Å². The molecule has 0 radical (unpaired) electrons. The topological polar surface area (TPSA) is 77.1 Å². The molecule has 2 amide bonds. The number of hydrogen-bond donors (Lipinski definition) is 1. The fourth-order valence-electron chi connectivity index (χ4n) is 4.26. The van der Waals surface area contributed by atoms with E-state index in [1.165, 1.54) is 18.2 Å². The van der Waals surface area contributed by atoms with Crippen LogP contribution in [0.5, 0.6) is 11.5 Å². The molecule has 2 heterocycles. The summed E-state index contributed by atoms with van der Waals surface area (Å²) in [6, 6.07) is 13.6. The number of ether oxygens (including phenoxy) is 3. The van der Waals surface area contributed by atoms with Gasteiger partial charge in [0.25, 0.3) is 11.8 Å². The van der Waals surface area contributed by atoms with Crippen molar-refractivity contribution in [2.75, 3.05) is 39.5 Å². The largest absolute Gasteiger partial charge is 0.491 e. The van der Waals surface area contributed by atoms with E-state index in [-0.39, 0.29) is 37.3 Å². The van der Waals surface area contributed by atoms with Gasteiger partial charge in [0.1, 0.15) is 23.9 Å². The van der Waals surface area contributed by atoms with E-state index in [2.05, 4.69) is 11.4 Å². The summed E-state index contributed by atoms with van der Waals surface area (Å²) in [6.07, 6.45) is 2.99. The molecule has 1 spiro atoms. The highest BCUT2D eigenvalue weighted by Gasteiger charge is 2.44. The number of nitrogens with zero attached hydrogens (tertiary/aromatic N) is 1. The van der Waals surface area contributed by atoms with Crippen molar-refractivity contribution in [3.8, 4) is 11.5 Å². The monoisotopic (exact) mass is 456 g/mol. The van der Waals surface area contributed by atoms with Gasteiger partial charge < -0.3 is 24.4 Å². The van der Waals surface area contributed by atoms with E-state index < -0.39 is 11.4 Å². The Balaban J connectivity index is 1.40. The van der Waals surface area contributed by atoms with E-state index in [0.29, 0.717) is 26.1 Å². The zero-order chi connectivity index (χ0) is 23.1. The number of nitrogens with one attached hydrogen (secondary N) is 1. The summed E-state index contributed by atoms with van der Waals surface area (Å²) in [7, 11) is 0. The Morgan fingerprint density at radius 1 is 1.15 bits per heavy atom. The Morgan fingerprint density at radius 2 is 2.03 bits per heavy atom. The molecule has 0 aromatic heterocycles. The Kier molecular flexibility index (Phi) is 7.44. The van der Waals surface area contributed by atoms with Gasteiger partial charge in [-0.2, -0.15) is 0 Å². The van der Waals surface area contributed by atoms with Gasteiger partial charge in [0, 0.05) is 12.6 Å². The third kappa shape index (κ3) is 5.82. The second-order valence-corrected chi connectivity index (χ2v) is 8.32. The van der Waals surface area contributed by atoms with Gasteiger partial charge in [0.2, 0.25) is 0 Å². The van der Waals surface area contributed by atoms with E-state index in [4.69, 9.17) is 14.2 Å². The van der Waals surface area contributed by atoms with Crippen molar-refractivity contribution in [3.05, 3.63) is 59.9 Å². The average molecular weight is 457 g/mol. The number of rotatable bonds is 3. The van der Waals surface area contributed by atoms with Crippen molar-refractivity contribution in [1.82, 2.24) is 10.2 Å². The van der Waals surface area contributed by atoms with Crippen LogP contribution < -0.4 is 14.8 Å². The third-order valence-corrected chi connectivity index (χ3v) is 6.01. The van der Waals surface area contributed by atoms with Gasteiger partial charge in [-0.25, -0.2) is 4.39 Å². The minimum Gasteiger partial charge on any atom is -0.491 e. The number of para-hydroxylation sites is 1. The molecule has 1 N–H and O–H groups in total. The van der Waals surface area contributed by atoms with Gasteiger partial charge in [0.15, 0.2) is 12.2 Å². The zero-order valence-corrected chi connectivity index (χ0v) is 18.6. The van der Waals surface area contributed by atoms with Gasteiger partial charge >= 0.3 is 0 Å². The van der Waals surface area contributed by atoms with Crippen molar-refractivity contribution < 1.29 is 28.2 Å². The minimum absolute atomic E-state index is 0.154. The average Bonchev–Trinajstić information content (AvgIpc) is 2.83. The molecular weight excluding hydrogens is 427 g/mol. The Hall–Kier alpha value is -3.13. The van der Waals surface area contributed by atoms with E-state index in [9.17, 15) is 14.0 Å². The van der Waals surface area contributed by atoms with E-state index in [0.717, 1.165) is 30.6 Å². The second-order valence-electron chi connectivity index (χ2n) is 8.32. The van der Waals surface area contributed by atoms with Crippen molar-refractivity contribution in [2.24, 2.45) is 0 Å². The number of halogens is 1. The predicted octanol–water partition coefficient (Wildman–Crippen LogP) is 2.72. The summed E-state index contributed by atoms with van der Waals surface area (Å²) in [5, 5.41) is 2.92. The lowest BCUT2D eigenvalue weighted by molar-refractivity contribution is -0.168. The lowest BCUT2D eigenvalue weighted by Gasteiger charge is -2.41. The molecule has 4 rings (SSSR count). The molecule has 1 unspecified atom stereocenters. The van der Waals surface area contributed by atoms with Gasteiger partial charge in [-0.3, -0.25) is 9.59 Å². The predicted molar refractivity (Wildman–Crippen MR) is 120 cm³/mol. The SMILES string of the molecule is O=C(COc1cccc(F)c1)N1CCOC2(CCCCc3ccccc3OCCNC2=O)C1. The van der Waals surface area contributed by atoms with Crippen LogP contribution in [-0.2, 0) is 20.7 Å². The van der Waals surface area contributed by atoms with Crippen molar-refractivity contribution in [3.63, 3.8) is 0 Å². The molecule has 176 valence electrons. The first-order valence-corrected chi connectivity index (χ1v) is 11.3. The van der Waals surface area contributed by atoms with Gasteiger partial charge in [-0.15, -0.1) is 0 Å². The van der Waals surface area contributed by atoms with Gasteiger partial charge in [-0.1, -0.05) is 24.3 Å². The van der Waals surface area contributed by atoms with Crippen LogP contribution in [-0.4, -0.2) is 61.8 Å². The first-order chi connectivity index (χ1) is 16.1. The maximum Gasteiger partial charge on any atom is 0.260 e. The number of morpholine rings is 1. The maximum absolute atomic E-state index is 13.4. The minimum atomic E-state index is -1.11. The molecule has 7 nitrogen and oxygen atoms in total. The lowest BCUT2D eigenvalue weighted by Crippen LogP contribution is -2.61. The molecule has 0 aliphatic carbocycles. The van der Waals surface area contributed by atoms with Crippen LogP contribution >= 0.6 is 0 Å². The molecule has 1 saturated heterocycles. The summed E-state index contributed by atoms with van der Waals surface area (Å²) in [5.41, 5.74) is 0.0418.